The summed E-state index contributed by atoms with van der Waals surface area (Å²) in [5.74, 6) is -0.00373. The summed E-state index contributed by atoms with van der Waals surface area (Å²) >= 11 is 1.54. The normalized spacial score (nSPS) is 10.8. The number of amides is 2. The lowest BCUT2D eigenvalue weighted by molar-refractivity contribution is -0.116. The van der Waals surface area contributed by atoms with Crippen LogP contribution in [0.2, 0.25) is 0 Å². The zero-order valence-electron chi connectivity index (χ0n) is 13.6. The lowest BCUT2D eigenvalue weighted by atomic mass is 10.1. The third-order valence-corrected chi connectivity index (χ3v) is 4.59. The van der Waals surface area contributed by atoms with Crippen molar-refractivity contribution in [2.45, 2.75) is 27.2 Å². The molecule has 2 heterocycles. The Kier molecular flexibility index (Phi) is 4.30. The number of nitrogens with one attached hydrogen (secondary N) is 2. The van der Waals surface area contributed by atoms with Gasteiger partial charge in [0, 0.05) is 17.5 Å². The van der Waals surface area contributed by atoms with Crippen LogP contribution in [0.15, 0.2) is 24.3 Å². The quantitative estimate of drug-likeness (QED) is 0.762. The van der Waals surface area contributed by atoms with Crippen molar-refractivity contribution in [3.05, 3.63) is 40.4 Å². The second-order valence-electron chi connectivity index (χ2n) is 5.48. The fraction of sp³-hybridized carbons (Fsp3) is 0.250. The molecule has 0 aliphatic rings. The van der Waals surface area contributed by atoms with Gasteiger partial charge in [-0.2, -0.15) is 4.98 Å². The fourth-order valence-electron chi connectivity index (χ4n) is 2.26. The number of nitrogens with zero attached hydrogens (tertiary/aromatic N) is 3. The number of benzene rings is 1. The van der Waals surface area contributed by atoms with Crippen LogP contribution in [0.5, 0.6) is 0 Å². The standard InChI is InChI=1S/C16H17N5O2S/c1-9-10(2)24-16-19-15(20-21(9)16)18-14(23)8-12-4-6-13(7-5-12)17-11(3)22/h4-7H,8H2,1-3H3,(H,17,22)(H,18,20,23). The average Bonchev–Trinajstić information content (AvgIpc) is 3.00. The Morgan fingerprint density at radius 3 is 2.50 bits per heavy atom. The van der Waals surface area contributed by atoms with E-state index >= 15 is 0 Å². The van der Waals surface area contributed by atoms with Crippen LogP contribution in [0.4, 0.5) is 11.6 Å². The van der Waals surface area contributed by atoms with E-state index in [1.165, 1.54) is 6.92 Å². The summed E-state index contributed by atoms with van der Waals surface area (Å²) in [6.07, 6.45) is 0.214. The molecule has 3 aromatic rings. The Morgan fingerprint density at radius 2 is 1.88 bits per heavy atom. The maximum atomic E-state index is 12.1. The van der Waals surface area contributed by atoms with Gasteiger partial charge < -0.3 is 5.32 Å². The molecule has 0 fully saturated rings. The van der Waals surface area contributed by atoms with Gasteiger partial charge >= 0.3 is 0 Å². The van der Waals surface area contributed by atoms with E-state index in [1.807, 2.05) is 13.8 Å². The number of aryl methyl sites for hydroxylation is 2. The van der Waals surface area contributed by atoms with Gasteiger partial charge in [0.1, 0.15) is 0 Å². The second kappa shape index (κ2) is 6.40. The van der Waals surface area contributed by atoms with Gasteiger partial charge in [0.15, 0.2) is 0 Å². The van der Waals surface area contributed by atoms with Crippen molar-refractivity contribution in [2.24, 2.45) is 0 Å². The van der Waals surface area contributed by atoms with Crippen molar-refractivity contribution in [3.8, 4) is 0 Å². The largest absolute Gasteiger partial charge is 0.326 e. The highest BCUT2D eigenvalue weighted by Gasteiger charge is 2.13. The third-order valence-electron chi connectivity index (χ3n) is 3.54. The van der Waals surface area contributed by atoms with Gasteiger partial charge in [-0.3, -0.25) is 14.9 Å². The van der Waals surface area contributed by atoms with Gasteiger partial charge in [-0.15, -0.1) is 5.10 Å². The molecule has 2 N–H and O–H groups in total. The van der Waals surface area contributed by atoms with Gasteiger partial charge in [0.2, 0.25) is 22.7 Å². The summed E-state index contributed by atoms with van der Waals surface area (Å²) in [5, 5.41) is 9.70. The number of aromatic nitrogens is 3. The summed E-state index contributed by atoms with van der Waals surface area (Å²) in [7, 11) is 0. The maximum absolute atomic E-state index is 12.1. The molecule has 0 saturated carbocycles. The molecule has 24 heavy (non-hydrogen) atoms. The van der Waals surface area contributed by atoms with Crippen LogP contribution >= 0.6 is 11.3 Å². The lowest BCUT2D eigenvalue weighted by Crippen LogP contribution is -2.15. The van der Waals surface area contributed by atoms with Crippen molar-refractivity contribution in [2.75, 3.05) is 10.6 Å². The molecular formula is C16H17N5O2S. The van der Waals surface area contributed by atoms with Gasteiger partial charge in [-0.05, 0) is 31.5 Å². The van der Waals surface area contributed by atoms with Crippen LogP contribution in [-0.4, -0.2) is 26.4 Å². The van der Waals surface area contributed by atoms with E-state index in [9.17, 15) is 9.59 Å². The molecule has 0 atom stereocenters. The second-order valence-corrected chi connectivity index (χ2v) is 6.66. The Bertz CT molecular complexity index is 911. The van der Waals surface area contributed by atoms with Crippen molar-refractivity contribution in [3.63, 3.8) is 0 Å². The molecule has 2 aromatic heterocycles. The third kappa shape index (κ3) is 3.43. The number of carbonyl (C=O) groups excluding carboxylic acids is 2. The average molecular weight is 343 g/mol. The van der Waals surface area contributed by atoms with E-state index in [2.05, 4.69) is 20.7 Å². The molecule has 0 aliphatic heterocycles. The van der Waals surface area contributed by atoms with E-state index < -0.39 is 0 Å². The first kappa shape index (κ1) is 16.1. The SMILES string of the molecule is CC(=O)Nc1ccc(CC(=O)Nc2nc3sc(C)c(C)n3n2)cc1. The lowest BCUT2D eigenvalue weighted by Gasteiger charge is -2.04. The summed E-state index contributed by atoms with van der Waals surface area (Å²) in [6, 6.07) is 7.14. The monoisotopic (exact) mass is 343 g/mol. The first-order valence-electron chi connectivity index (χ1n) is 7.41. The van der Waals surface area contributed by atoms with Crippen molar-refractivity contribution < 1.29 is 9.59 Å². The molecule has 2 amide bonds. The van der Waals surface area contributed by atoms with E-state index in [1.54, 1.807) is 40.1 Å². The zero-order valence-corrected chi connectivity index (χ0v) is 14.4. The minimum atomic E-state index is -0.185. The Morgan fingerprint density at radius 1 is 1.17 bits per heavy atom. The molecule has 0 aliphatic carbocycles. The number of rotatable bonds is 4. The molecule has 1 aromatic carbocycles. The molecule has 3 rings (SSSR count). The minimum absolute atomic E-state index is 0.128. The highest BCUT2D eigenvalue weighted by molar-refractivity contribution is 7.17. The van der Waals surface area contributed by atoms with Crippen molar-refractivity contribution >= 4 is 39.7 Å². The predicted octanol–water partition coefficient (Wildman–Crippen LogP) is 2.55. The van der Waals surface area contributed by atoms with Crippen LogP contribution in [0.3, 0.4) is 0 Å². The van der Waals surface area contributed by atoms with Gasteiger partial charge in [-0.1, -0.05) is 23.5 Å². The Hall–Kier alpha value is -2.74. The predicted molar refractivity (Wildman–Crippen MR) is 93.4 cm³/mol. The molecule has 0 saturated heterocycles. The van der Waals surface area contributed by atoms with Crippen molar-refractivity contribution in [1.82, 2.24) is 14.6 Å². The number of carbonyl (C=O) groups is 2. The van der Waals surface area contributed by atoms with Crippen LogP contribution in [0.1, 0.15) is 23.1 Å². The van der Waals surface area contributed by atoms with E-state index in [-0.39, 0.29) is 18.2 Å². The number of fused-ring (bicyclic) bond motifs is 1. The number of hydrogen-bond acceptors (Lipinski definition) is 5. The summed E-state index contributed by atoms with van der Waals surface area (Å²) < 4.78 is 1.73. The van der Waals surface area contributed by atoms with E-state index in [4.69, 9.17) is 0 Å². The molecule has 124 valence electrons. The van der Waals surface area contributed by atoms with Gasteiger partial charge in [-0.25, -0.2) is 4.52 Å². The number of anilines is 2. The van der Waals surface area contributed by atoms with Crippen molar-refractivity contribution in [1.29, 1.82) is 0 Å². The maximum Gasteiger partial charge on any atom is 0.250 e. The summed E-state index contributed by atoms with van der Waals surface area (Å²) in [5.41, 5.74) is 2.57. The van der Waals surface area contributed by atoms with Crippen LogP contribution in [0.25, 0.3) is 4.96 Å². The van der Waals surface area contributed by atoms with Crippen LogP contribution < -0.4 is 10.6 Å². The van der Waals surface area contributed by atoms with E-state index in [0.29, 0.717) is 11.6 Å². The smallest absolute Gasteiger partial charge is 0.250 e. The number of thiazole rings is 1. The molecule has 0 radical (unpaired) electrons. The van der Waals surface area contributed by atoms with Gasteiger partial charge in [0.05, 0.1) is 12.1 Å². The first-order chi connectivity index (χ1) is 11.4. The molecular weight excluding hydrogens is 326 g/mol. The first-order valence-corrected chi connectivity index (χ1v) is 8.23. The van der Waals surface area contributed by atoms with Crippen LogP contribution in [-0.2, 0) is 16.0 Å². The highest BCUT2D eigenvalue weighted by Crippen LogP contribution is 2.21. The van der Waals surface area contributed by atoms with Crippen LogP contribution in [0, 0.1) is 13.8 Å². The van der Waals surface area contributed by atoms with Gasteiger partial charge in [0.25, 0.3) is 0 Å². The molecule has 0 unspecified atom stereocenters. The molecule has 7 nitrogen and oxygen atoms in total. The molecule has 0 bridgehead atoms. The Labute approximate surface area is 142 Å². The number of hydrogen-bond donors (Lipinski definition) is 2. The highest BCUT2D eigenvalue weighted by atomic mass is 32.1. The topological polar surface area (TPSA) is 88.4 Å². The summed E-state index contributed by atoms with van der Waals surface area (Å²) in [4.78, 5) is 29.3. The zero-order chi connectivity index (χ0) is 17.3. The summed E-state index contributed by atoms with van der Waals surface area (Å²) in [6.45, 7) is 5.43. The molecule has 8 heteroatoms. The fourth-order valence-corrected chi connectivity index (χ4v) is 3.16. The Balaban J connectivity index is 1.64. The molecule has 0 spiro atoms. The minimum Gasteiger partial charge on any atom is -0.326 e. The van der Waals surface area contributed by atoms with E-state index in [0.717, 1.165) is 21.1 Å².